The third kappa shape index (κ3) is 3.94. The van der Waals surface area contributed by atoms with Crippen LogP contribution < -0.4 is 0 Å². The number of rotatable bonds is 3. The zero-order valence-corrected chi connectivity index (χ0v) is 13.1. The Bertz CT molecular complexity index is 525. The summed E-state index contributed by atoms with van der Waals surface area (Å²) in [6, 6.07) is 3.37. The molecule has 0 bridgehead atoms. The molecule has 21 heavy (non-hydrogen) atoms. The average molecular weight is 310 g/mol. The number of hydrogen-bond donors (Lipinski definition) is 0. The highest BCUT2D eigenvalue weighted by Crippen LogP contribution is 2.16. The van der Waals surface area contributed by atoms with Crippen molar-refractivity contribution in [3.8, 4) is 0 Å². The minimum absolute atomic E-state index is 0.121. The number of nitrogens with zero attached hydrogens (tertiary/aromatic N) is 3. The predicted molar refractivity (Wildman–Crippen MR) is 81.2 cm³/mol. The molecule has 0 aliphatic carbocycles. The summed E-state index contributed by atoms with van der Waals surface area (Å²) < 4.78 is 0. The molecule has 1 aliphatic heterocycles. The Morgan fingerprint density at radius 1 is 1.24 bits per heavy atom. The summed E-state index contributed by atoms with van der Waals surface area (Å²) in [5.41, 5.74) is 0.418. The molecule has 1 aliphatic rings. The fourth-order valence-electron chi connectivity index (χ4n) is 2.35. The van der Waals surface area contributed by atoms with E-state index in [0.717, 1.165) is 0 Å². The highest BCUT2D eigenvalue weighted by Gasteiger charge is 2.26. The summed E-state index contributed by atoms with van der Waals surface area (Å²) in [5, 5.41) is 0.223. The smallest absolute Gasteiger partial charge is 0.257 e. The maximum absolute atomic E-state index is 12.4. The van der Waals surface area contributed by atoms with Crippen LogP contribution in [-0.4, -0.2) is 52.8 Å². The second-order valence-electron chi connectivity index (χ2n) is 5.61. The maximum atomic E-state index is 12.4. The Morgan fingerprint density at radius 2 is 1.86 bits per heavy atom. The monoisotopic (exact) mass is 309 g/mol. The Kier molecular flexibility index (Phi) is 5.17. The van der Waals surface area contributed by atoms with Crippen molar-refractivity contribution < 1.29 is 9.59 Å². The van der Waals surface area contributed by atoms with Gasteiger partial charge in [-0.25, -0.2) is 4.98 Å². The lowest BCUT2D eigenvalue weighted by Crippen LogP contribution is -2.50. The molecule has 0 aromatic carbocycles. The Balaban J connectivity index is 1.94. The van der Waals surface area contributed by atoms with Crippen molar-refractivity contribution in [2.75, 3.05) is 26.2 Å². The van der Waals surface area contributed by atoms with Crippen LogP contribution in [0, 0.1) is 5.92 Å². The van der Waals surface area contributed by atoms with Gasteiger partial charge in [-0.05, 0) is 18.1 Å². The highest BCUT2D eigenvalue weighted by molar-refractivity contribution is 6.32. The molecule has 1 saturated heterocycles. The van der Waals surface area contributed by atoms with Crippen molar-refractivity contribution in [1.82, 2.24) is 14.8 Å². The van der Waals surface area contributed by atoms with E-state index in [-0.39, 0.29) is 17.0 Å². The van der Waals surface area contributed by atoms with Gasteiger partial charge in [-0.15, -0.1) is 0 Å². The van der Waals surface area contributed by atoms with E-state index in [4.69, 9.17) is 11.6 Å². The van der Waals surface area contributed by atoms with Crippen molar-refractivity contribution in [2.45, 2.75) is 20.3 Å². The van der Waals surface area contributed by atoms with E-state index >= 15 is 0 Å². The number of carbonyl (C=O) groups is 2. The van der Waals surface area contributed by atoms with Crippen molar-refractivity contribution in [2.24, 2.45) is 5.92 Å². The topological polar surface area (TPSA) is 53.5 Å². The highest BCUT2D eigenvalue weighted by atomic mass is 35.5. The number of amides is 2. The van der Waals surface area contributed by atoms with Gasteiger partial charge in [0.15, 0.2) is 0 Å². The maximum Gasteiger partial charge on any atom is 0.257 e. The predicted octanol–water partition coefficient (Wildman–Crippen LogP) is 2.07. The van der Waals surface area contributed by atoms with Crippen LogP contribution in [0.3, 0.4) is 0 Å². The van der Waals surface area contributed by atoms with Gasteiger partial charge >= 0.3 is 0 Å². The van der Waals surface area contributed by atoms with E-state index in [1.807, 2.05) is 18.7 Å². The van der Waals surface area contributed by atoms with Gasteiger partial charge in [-0.1, -0.05) is 25.4 Å². The van der Waals surface area contributed by atoms with Gasteiger partial charge < -0.3 is 9.80 Å². The van der Waals surface area contributed by atoms with E-state index in [9.17, 15) is 9.59 Å². The minimum Gasteiger partial charge on any atom is -0.339 e. The van der Waals surface area contributed by atoms with Gasteiger partial charge in [0.1, 0.15) is 5.15 Å². The van der Waals surface area contributed by atoms with Gasteiger partial charge in [0, 0.05) is 38.8 Å². The Labute approximate surface area is 129 Å². The normalized spacial score (nSPS) is 15.4. The number of aromatic nitrogens is 1. The lowest BCUT2D eigenvalue weighted by Gasteiger charge is -2.35. The van der Waals surface area contributed by atoms with Crippen LogP contribution >= 0.6 is 11.6 Å². The van der Waals surface area contributed by atoms with E-state index in [1.54, 1.807) is 23.2 Å². The molecule has 1 aromatic rings. The van der Waals surface area contributed by atoms with E-state index in [0.29, 0.717) is 44.1 Å². The van der Waals surface area contributed by atoms with Gasteiger partial charge in [0.2, 0.25) is 5.91 Å². The van der Waals surface area contributed by atoms with Crippen LogP contribution in [0.4, 0.5) is 0 Å². The first kappa shape index (κ1) is 15.8. The molecule has 6 heteroatoms. The van der Waals surface area contributed by atoms with Crippen LogP contribution in [0.15, 0.2) is 18.3 Å². The van der Waals surface area contributed by atoms with E-state index < -0.39 is 0 Å². The molecule has 2 heterocycles. The van der Waals surface area contributed by atoms with Crippen LogP contribution in [0.25, 0.3) is 0 Å². The quantitative estimate of drug-likeness (QED) is 0.803. The Morgan fingerprint density at radius 3 is 2.43 bits per heavy atom. The van der Waals surface area contributed by atoms with Crippen molar-refractivity contribution >= 4 is 23.4 Å². The molecule has 0 spiro atoms. The molecular formula is C15H20ClN3O2. The average Bonchev–Trinajstić information content (AvgIpc) is 2.46. The van der Waals surface area contributed by atoms with Crippen molar-refractivity contribution in [3.63, 3.8) is 0 Å². The summed E-state index contributed by atoms with van der Waals surface area (Å²) in [6.45, 7) is 6.29. The van der Waals surface area contributed by atoms with Gasteiger partial charge in [-0.2, -0.15) is 0 Å². The first-order valence-electron chi connectivity index (χ1n) is 7.16. The second kappa shape index (κ2) is 6.89. The summed E-state index contributed by atoms with van der Waals surface area (Å²) in [4.78, 5) is 31.8. The van der Waals surface area contributed by atoms with Crippen LogP contribution in [0.1, 0.15) is 30.6 Å². The molecule has 2 amide bonds. The van der Waals surface area contributed by atoms with Gasteiger partial charge in [0.25, 0.3) is 5.91 Å². The minimum atomic E-state index is -0.121. The first-order chi connectivity index (χ1) is 9.99. The number of hydrogen-bond acceptors (Lipinski definition) is 3. The molecule has 5 nitrogen and oxygen atoms in total. The van der Waals surface area contributed by atoms with Gasteiger partial charge in [0.05, 0.1) is 5.56 Å². The number of piperazine rings is 1. The van der Waals surface area contributed by atoms with Crippen LogP contribution in [0.5, 0.6) is 0 Å². The Hall–Kier alpha value is -1.62. The first-order valence-corrected chi connectivity index (χ1v) is 7.54. The summed E-state index contributed by atoms with van der Waals surface area (Å²) in [7, 11) is 0. The molecule has 0 atom stereocenters. The van der Waals surface area contributed by atoms with Crippen molar-refractivity contribution in [3.05, 3.63) is 29.0 Å². The van der Waals surface area contributed by atoms with Gasteiger partial charge in [-0.3, -0.25) is 9.59 Å². The fraction of sp³-hybridized carbons (Fsp3) is 0.533. The largest absolute Gasteiger partial charge is 0.339 e. The zero-order valence-electron chi connectivity index (χ0n) is 12.4. The molecule has 0 saturated carbocycles. The molecule has 1 fully saturated rings. The number of carbonyl (C=O) groups excluding carboxylic acids is 2. The van der Waals surface area contributed by atoms with Crippen LogP contribution in [0.2, 0.25) is 5.15 Å². The third-order valence-corrected chi connectivity index (χ3v) is 3.79. The molecule has 114 valence electrons. The molecule has 1 aromatic heterocycles. The number of pyridine rings is 1. The standard InChI is InChI=1S/C15H20ClN3O2/c1-11(2)10-13(20)18-6-8-19(9-7-18)15(21)12-4-3-5-17-14(12)16/h3-5,11H,6-10H2,1-2H3. The van der Waals surface area contributed by atoms with Crippen molar-refractivity contribution in [1.29, 1.82) is 0 Å². The second-order valence-corrected chi connectivity index (χ2v) is 5.97. The molecular weight excluding hydrogens is 290 g/mol. The molecule has 0 unspecified atom stereocenters. The lowest BCUT2D eigenvalue weighted by molar-refractivity contribution is -0.133. The van der Waals surface area contributed by atoms with E-state index in [1.165, 1.54) is 0 Å². The van der Waals surface area contributed by atoms with E-state index in [2.05, 4.69) is 4.98 Å². The van der Waals surface area contributed by atoms with Crippen LogP contribution in [-0.2, 0) is 4.79 Å². The number of halogens is 1. The summed E-state index contributed by atoms with van der Waals surface area (Å²) in [6.07, 6.45) is 2.12. The summed E-state index contributed by atoms with van der Waals surface area (Å²) >= 11 is 5.95. The molecule has 2 rings (SSSR count). The molecule has 0 N–H and O–H groups in total. The fourth-order valence-corrected chi connectivity index (χ4v) is 2.55. The lowest BCUT2D eigenvalue weighted by atomic mass is 10.1. The third-order valence-electron chi connectivity index (χ3n) is 3.49. The SMILES string of the molecule is CC(C)CC(=O)N1CCN(C(=O)c2cccnc2Cl)CC1. The summed E-state index contributed by atoms with van der Waals surface area (Å²) in [5.74, 6) is 0.395. The zero-order chi connectivity index (χ0) is 15.4. The molecule has 0 radical (unpaired) electrons.